The van der Waals surface area contributed by atoms with Crippen molar-refractivity contribution in [1.29, 1.82) is 0 Å². The van der Waals surface area contributed by atoms with E-state index in [1.807, 2.05) is 36.4 Å². The number of benzene rings is 1. The number of rotatable bonds is 5. The van der Waals surface area contributed by atoms with E-state index in [0.29, 0.717) is 12.1 Å². The second kappa shape index (κ2) is 8.42. The van der Waals surface area contributed by atoms with Crippen LogP contribution in [0.15, 0.2) is 73.3 Å². The van der Waals surface area contributed by atoms with Crippen molar-refractivity contribution in [2.45, 2.75) is 12.0 Å². The maximum atomic E-state index is 12.9. The predicted octanol–water partition coefficient (Wildman–Crippen LogP) is 2.08. The number of hydrogen-bond acceptors (Lipinski definition) is 5. The van der Waals surface area contributed by atoms with Crippen LogP contribution in [0.5, 0.6) is 0 Å². The monoisotopic (exact) mass is 402 g/mol. The molecule has 1 atom stereocenters. The van der Waals surface area contributed by atoms with Crippen molar-refractivity contribution in [3.05, 3.63) is 84.4 Å². The van der Waals surface area contributed by atoms with Crippen LogP contribution < -0.4 is 5.73 Å². The minimum atomic E-state index is -1.28. The lowest BCUT2D eigenvalue weighted by Gasteiger charge is -2.40. The number of carbonyl (C=O) groups excluding carboxylic acids is 2. The fourth-order valence-corrected chi connectivity index (χ4v) is 3.71. The molecule has 2 aromatic heterocycles. The van der Waals surface area contributed by atoms with Gasteiger partial charge >= 0.3 is 0 Å². The maximum Gasteiger partial charge on any atom is 0.254 e. The van der Waals surface area contributed by atoms with E-state index in [-0.39, 0.29) is 25.5 Å². The van der Waals surface area contributed by atoms with Gasteiger partial charge < -0.3 is 15.4 Å². The Balaban J connectivity index is 1.59. The van der Waals surface area contributed by atoms with Gasteiger partial charge in [0, 0.05) is 43.3 Å². The lowest BCUT2D eigenvalue weighted by Crippen LogP contribution is -2.61. The minimum Gasteiger partial charge on any atom is -0.367 e. The third-order valence-electron chi connectivity index (χ3n) is 5.28. The predicted molar refractivity (Wildman–Crippen MR) is 111 cm³/mol. The molecule has 3 heterocycles. The van der Waals surface area contributed by atoms with Gasteiger partial charge in [0.1, 0.15) is 0 Å². The molecule has 30 heavy (non-hydrogen) atoms. The minimum absolute atomic E-state index is 0.100. The number of aromatic nitrogens is 2. The van der Waals surface area contributed by atoms with Crippen LogP contribution in [0.3, 0.4) is 0 Å². The molecule has 0 radical (unpaired) electrons. The van der Waals surface area contributed by atoms with Gasteiger partial charge in [-0.1, -0.05) is 24.3 Å². The first kappa shape index (κ1) is 19.7. The Morgan fingerprint density at radius 3 is 2.40 bits per heavy atom. The van der Waals surface area contributed by atoms with Gasteiger partial charge in [-0.25, -0.2) is 0 Å². The highest BCUT2D eigenvalue weighted by Gasteiger charge is 2.44. The average Bonchev–Trinajstić information content (AvgIpc) is 2.80. The number of primary amides is 1. The average molecular weight is 402 g/mol. The Hall–Kier alpha value is -3.58. The van der Waals surface area contributed by atoms with Crippen molar-refractivity contribution < 1.29 is 14.3 Å². The van der Waals surface area contributed by atoms with Gasteiger partial charge in [0.15, 0.2) is 5.60 Å². The van der Waals surface area contributed by atoms with Gasteiger partial charge in [-0.3, -0.25) is 19.6 Å². The molecular weight excluding hydrogens is 380 g/mol. The quantitative estimate of drug-likeness (QED) is 0.705. The molecule has 7 nitrogen and oxygen atoms in total. The fourth-order valence-electron chi connectivity index (χ4n) is 3.71. The summed E-state index contributed by atoms with van der Waals surface area (Å²) < 4.78 is 5.90. The molecule has 1 aliphatic rings. The van der Waals surface area contributed by atoms with Gasteiger partial charge in [-0.05, 0) is 41.0 Å². The topological polar surface area (TPSA) is 98.4 Å². The van der Waals surface area contributed by atoms with E-state index in [9.17, 15) is 9.59 Å². The van der Waals surface area contributed by atoms with Crippen LogP contribution in [-0.4, -0.2) is 52.0 Å². The number of carbonyl (C=O) groups is 2. The normalized spacial score (nSPS) is 18.7. The molecule has 0 unspecified atom stereocenters. The Morgan fingerprint density at radius 1 is 1.00 bits per heavy atom. The molecule has 2 amide bonds. The van der Waals surface area contributed by atoms with Crippen LogP contribution >= 0.6 is 0 Å². The Bertz CT molecular complexity index is 1040. The highest BCUT2D eigenvalue weighted by molar-refractivity contribution is 5.95. The van der Waals surface area contributed by atoms with E-state index in [1.165, 1.54) is 0 Å². The number of hydrogen-bond donors (Lipinski definition) is 1. The van der Waals surface area contributed by atoms with E-state index in [0.717, 1.165) is 16.7 Å². The second-order valence-corrected chi connectivity index (χ2v) is 7.28. The Kier molecular flexibility index (Phi) is 5.54. The van der Waals surface area contributed by atoms with Crippen LogP contribution in [0.4, 0.5) is 0 Å². The van der Waals surface area contributed by atoms with Gasteiger partial charge in [-0.15, -0.1) is 0 Å². The highest BCUT2D eigenvalue weighted by Crippen LogP contribution is 2.27. The lowest BCUT2D eigenvalue weighted by atomic mass is 9.90. The lowest BCUT2D eigenvalue weighted by molar-refractivity contribution is -0.153. The zero-order chi connectivity index (χ0) is 21.0. The van der Waals surface area contributed by atoms with Crippen LogP contribution in [0, 0.1) is 0 Å². The van der Waals surface area contributed by atoms with Crippen molar-refractivity contribution >= 4 is 11.8 Å². The molecule has 152 valence electrons. The number of morpholine rings is 1. The summed E-state index contributed by atoms with van der Waals surface area (Å²) in [5.41, 5.74) is 7.96. The SMILES string of the molecule is NC(=O)[C@@]1(Cc2cccc(-c3ccncc3)c2)CN(C(=O)c2ccncc2)CCO1. The molecule has 0 saturated carbocycles. The second-order valence-electron chi connectivity index (χ2n) is 7.28. The maximum absolute atomic E-state index is 12.9. The van der Waals surface area contributed by atoms with E-state index in [2.05, 4.69) is 9.97 Å². The molecular formula is C23H22N4O3. The van der Waals surface area contributed by atoms with Crippen LogP contribution in [-0.2, 0) is 16.0 Å². The van der Waals surface area contributed by atoms with Crippen LogP contribution in [0.2, 0.25) is 0 Å². The van der Waals surface area contributed by atoms with Gasteiger partial charge in [0.25, 0.3) is 11.8 Å². The summed E-state index contributed by atoms with van der Waals surface area (Å²) >= 11 is 0. The first-order chi connectivity index (χ1) is 14.6. The number of nitrogens with zero attached hydrogens (tertiary/aromatic N) is 3. The Labute approximate surface area is 174 Å². The standard InChI is InChI=1S/C23H22N4O3/c24-22(29)23(15-17-2-1-3-20(14-17)18-4-8-25-9-5-18)16-27(12-13-30-23)21(28)19-6-10-26-11-7-19/h1-11,14H,12-13,15-16H2,(H2,24,29)/t23-/m1/s1. The van der Waals surface area contributed by atoms with Crippen molar-refractivity contribution in [2.24, 2.45) is 5.73 Å². The third kappa shape index (κ3) is 4.06. The van der Waals surface area contributed by atoms with E-state index in [1.54, 1.807) is 41.8 Å². The van der Waals surface area contributed by atoms with Crippen molar-refractivity contribution in [3.63, 3.8) is 0 Å². The molecule has 0 aliphatic carbocycles. The van der Waals surface area contributed by atoms with E-state index < -0.39 is 11.5 Å². The molecule has 0 bridgehead atoms. The molecule has 4 rings (SSSR count). The summed E-state index contributed by atoms with van der Waals surface area (Å²) in [7, 11) is 0. The summed E-state index contributed by atoms with van der Waals surface area (Å²) in [6.07, 6.45) is 6.89. The summed E-state index contributed by atoms with van der Waals surface area (Å²) in [5.74, 6) is -0.749. The largest absolute Gasteiger partial charge is 0.367 e. The van der Waals surface area contributed by atoms with Crippen molar-refractivity contribution in [1.82, 2.24) is 14.9 Å². The molecule has 1 aliphatic heterocycles. The van der Waals surface area contributed by atoms with Crippen molar-refractivity contribution in [3.8, 4) is 11.1 Å². The number of pyridine rings is 2. The number of ether oxygens (including phenoxy) is 1. The highest BCUT2D eigenvalue weighted by atomic mass is 16.5. The van der Waals surface area contributed by atoms with Crippen LogP contribution in [0.1, 0.15) is 15.9 Å². The zero-order valence-electron chi connectivity index (χ0n) is 16.4. The molecule has 1 fully saturated rings. The zero-order valence-corrected chi connectivity index (χ0v) is 16.4. The van der Waals surface area contributed by atoms with Gasteiger partial charge in [0.2, 0.25) is 0 Å². The Morgan fingerprint density at radius 2 is 1.70 bits per heavy atom. The third-order valence-corrected chi connectivity index (χ3v) is 5.28. The smallest absolute Gasteiger partial charge is 0.254 e. The molecule has 0 spiro atoms. The fraction of sp³-hybridized carbons (Fsp3) is 0.217. The first-order valence-corrected chi connectivity index (χ1v) is 9.70. The summed E-state index contributed by atoms with van der Waals surface area (Å²) in [6, 6.07) is 15.0. The van der Waals surface area contributed by atoms with Crippen molar-refractivity contribution in [2.75, 3.05) is 19.7 Å². The summed E-state index contributed by atoms with van der Waals surface area (Å²) in [6.45, 7) is 0.736. The number of amides is 2. The first-order valence-electron chi connectivity index (χ1n) is 9.70. The molecule has 1 saturated heterocycles. The van der Waals surface area contributed by atoms with E-state index >= 15 is 0 Å². The number of nitrogens with two attached hydrogens (primary N) is 1. The molecule has 2 N–H and O–H groups in total. The van der Waals surface area contributed by atoms with Gasteiger partial charge in [-0.2, -0.15) is 0 Å². The molecule has 3 aromatic rings. The molecule has 1 aromatic carbocycles. The van der Waals surface area contributed by atoms with E-state index in [4.69, 9.17) is 10.5 Å². The summed E-state index contributed by atoms with van der Waals surface area (Å²) in [4.78, 5) is 35.0. The summed E-state index contributed by atoms with van der Waals surface area (Å²) in [5, 5.41) is 0. The van der Waals surface area contributed by atoms with Crippen LogP contribution in [0.25, 0.3) is 11.1 Å². The van der Waals surface area contributed by atoms with Gasteiger partial charge in [0.05, 0.1) is 13.2 Å². The molecule has 7 heteroatoms.